The minimum atomic E-state index is 0.896. The van der Waals surface area contributed by atoms with Gasteiger partial charge in [-0.15, -0.1) is 0 Å². The average molecular weight is 227 g/mol. The molecule has 0 bridgehead atoms. The highest BCUT2D eigenvalue weighted by molar-refractivity contribution is 6.57. The van der Waals surface area contributed by atoms with Crippen LogP contribution in [-0.2, 0) is 0 Å². The van der Waals surface area contributed by atoms with Crippen LogP contribution < -0.4 is 5.14 Å². The van der Waals surface area contributed by atoms with Gasteiger partial charge in [0, 0.05) is 0 Å². The van der Waals surface area contributed by atoms with Gasteiger partial charge >= 0.3 is 0 Å². The van der Waals surface area contributed by atoms with E-state index in [9.17, 15) is 0 Å². The van der Waals surface area contributed by atoms with Crippen molar-refractivity contribution in [1.82, 2.24) is 5.14 Å². The van der Waals surface area contributed by atoms with Gasteiger partial charge in [-0.3, -0.25) is 0 Å². The molecule has 0 aromatic carbocycles. The summed E-state index contributed by atoms with van der Waals surface area (Å²) in [7, 11) is 4.53. The molecule has 0 unspecified atom stereocenters. The molecule has 1 rings (SSSR count). The third-order valence-corrected chi connectivity index (χ3v) is 3.71. The van der Waals surface area contributed by atoms with Crippen LogP contribution >= 0.6 is 0 Å². The molecule has 0 atom stereocenters. The second kappa shape index (κ2) is 8.46. The van der Waals surface area contributed by atoms with Crippen LogP contribution in [0.1, 0.15) is 32.6 Å². The predicted octanol–water partition coefficient (Wildman–Crippen LogP) is 1.71. The second-order valence-electron chi connectivity index (χ2n) is 5.22. The first-order valence-electron chi connectivity index (χ1n) is 6.91. The molecule has 0 amide bonds. The van der Waals surface area contributed by atoms with Crippen LogP contribution in [0, 0.1) is 0 Å². The first-order chi connectivity index (χ1) is 8.26. The molecule has 0 aromatic rings. The predicted molar refractivity (Wildman–Crippen MR) is 85.0 cm³/mol. The van der Waals surface area contributed by atoms with Gasteiger partial charge in [0.15, 0.2) is 7.41 Å². The van der Waals surface area contributed by atoms with Crippen LogP contribution in [0.5, 0.6) is 0 Å². The van der Waals surface area contributed by atoms with Crippen molar-refractivity contribution in [2.24, 2.45) is 0 Å². The smallest absolute Gasteiger partial charge is 0.224 e. The van der Waals surface area contributed by atoms with Gasteiger partial charge in [-0.05, 0) is 6.92 Å². The standard InChI is InChI=1S/C13H24B3N/c1-3-5-6-12(4-2)15-17-16-13-9-7-11(14)8-10-13/h3-6,11,13,15-17H,1,7-10,14H2,2H3/b6-5-,12-4+/t11-,13-. The van der Waals surface area contributed by atoms with E-state index >= 15 is 0 Å². The highest BCUT2D eigenvalue weighted by Gasteiger charge is 2.18. The van der Waals surface area contributed by atoms with Gasteiger partial charge in [0.05, 0.1) is 0 Å². The molecule has 1 aliphatic rings. The van der Waals surface area contributed by atoms with Crippen LogP contribution in [0.25, 0.3) is 0 Å². The van der Waals surface area contributed by atoms with Crippen LogP contribution in [0.3, 0.4) is 0 Å². The number of rotatable bonds is 6. The molecular formula is C13H24B3N. The molecule has 0 heterocycles. The summed E-state index contributed by atoms with van der Waals surface area (Å²) in [6, 6.07) is 0. The van der Waals surface area contributed by atoms with Crippen LogP contribution in [-0.4, -0.2) is 22.7 Å². The zero-order valence-electron chi connectivity index (χ0n) is 11.4. The Bertz CT molecular complexity index is 278. The van der Waals surface area contributed by atoms with Crippen molar-refractivity contribution in [3.8, 4) is 0 Å². The van der Waals surface area contributed by atoms with Crippen LogP contribution in [0.15, 0.2) is 36.4 Å². The summed E-state index contributed by atoms with van der Waals surface area (Å²) in [6.07, 6.45) is 13.8. The molecule has 4 heteroatoms. The Morgan fingerprint density at radius 1 is 1.35 bits per heavy atom. The molecule has 17 heavy (non-hydrogen) atoms. The summed E-state index contributed by atoms with van der Waals surface area (Å²) < 4.78 is 0. The fraction of sp³-hybridized carbons (Fsp3) is 0.538. The zero-order valence-corrected chi connectivity index (χ0v) is 11.4. The van der Waals surface area contributed by atoms with E-state index in [0.717, 1.165) is 19.0 Å². The van der Waals surface area contributed by atoms with E-state index in [2.05, 4.69) is 38.6 Å². The SMILES string of the molecule is B[C@H]1CC[C@H](BNBC(/C=C\C=C)=C/C)CC1. The van der Waals surface area contributed by atoms with E-state index in [1.54, 1.807) is 0 Å². The van der Waals surface area contributed by atoms with Gasteiger partial charge in [-0.1, -0.05) is 73.7 Å². The largest absolute Gasteiger partial charge is 0.400 e. The molecule has 90 valence electrons. The quantitative estimate of drug-likeness (QED) is 0.537. The molecular weight excluding hydrogens is 203 g/mol. The van der Waals surface area contributed by atoms with E-state index in [-0.39, 0.29) is 0 Å². The number of hydrogen-bond acceptors (Lipinski definition) is 1. The number of nitrogens with one attached hydrogen (secondary N) is 1. The lowest BCUT2D eigenvalue weighted by Crippen LogP contribution is -2.30. The summed E-state index contributed by atoms with van der Waals surface area (Å²) in [5.74, 6) is 1.85. The Kier molecular flexibility index (Phi) is 7.19. The van der Waals surface area contributed by atoms with Gasteiger partial charge in [-0.25, -0.2) is 0 Å². The molecule has 1 N–H and O–H groups in total. The molecule has 0 aromatic heterocycles. The van der Waals surface area contributed by atoms with Gasteiger partial charge < -0.3 is 5.14 Å². The van der Waals surface area contributed by atoms with Crippen molar-refractivity contribution in [1.29, 1.82) is 0 Å². The molecule has 1 aliphatic carbocycles. The van der Waals surface area contributed by atoms with Crippen LogP contribution in [0.2, 0.25) is 11.6 Å². The van der Waals surface area contributed by atoms with Crippen LogP contribution in [0.4, 0.5) is 0 Å². The topological polar surface area (TPSA) is 12.0 Å². The summed E-state index contributed by atoms with van der Waals surface area (Å²) in [5, 5.41) is 3.58. The molecule has 0 saturated heterocycles. The zero-order chi connectivity index (χ0) is 12.5. The fourth-order valence-corrected chi connectivity index (χ4v) is 2.40. The van der Waals surface area contributed by atoms with E-state index < -0.39 is 0 Å². The first-order valence-corrected chi connectivity index (χ1v) is 6.91. The van der Waals surface area contributed by atoms with E-state index in [4.69, 9.17) is 0 Å². The van der Waals surface area contributed by atoms with Crippen molar-refractivity contribution < 1.29 is 0 Å². The monoisotopic (exact) mass is 227 g/mol. The molecule has 1 saturated carbocycles. The third-order valence-electron chi connectivity index (χ3n) is 3.71. The van der Waals surface area contributed by atoms with Crippen molar-refractivity contribution in [3.63, 3.8) is 0 Å². The van der Waals surface area contributed by atoms with Crippen molar-refractivity contribution >= 4 is 22.7 Å². The Morgan fingerprint density at radius 2 is 2.06 bits per heavy atom. The number of allylic oxidation sites excluding steroid dienone is 5. The van der Waals surface area contributed by atoms with Gasteiger partial charge in [0.2, 0.25) is 7.41 Å². The molecule has 0 aliphatic heterocycles. The molecule has 1 nitrogen and oxygen atoms in total. The lowest BCUT2D eigenvalue weighted by atomic mass is 9.59. The highest BCUT2D eigenvalue weighted by Crippen LogP contribution is 2.32. The van der Waals surface area contributed by atoms with Crippen molar-refractivity contribution in [2.75, 3.05) is 0 Å². The number of hydrogen-bond donors (Lipinski definition) is 1. The maximum Gasteiger partial charge on any atom is 0.224 e. The summed E-state index contributed by atoms with van der Waals surface area (Å²) in [5.41, 5.74) is 1.34. The van der Waals surface area contributed by atoms with E-state index in [1.165, 1.54) is 38.6 Å². The van der Waals surface area contributed by atoms with Gasteiger partial charge in [0.1, 0.15) is 7.85 Å². The minimum absolute atomic E-state index is 0.896. The van der Waals surface area contributed by atoms with Crippen molar-refractivity contribution in [3.05, 3.63) is 36.4 Å². The Balaban J connectivity index is 2.18. The molecule has 1 fully saturated rings. The highest BCUT2D eigenvalue weighted by atomic mass is 14.6. The fourth-order valence-electron chi connectivity index (χ4n) is 2.40. The lowest BCUT2D eigenvalue weighted by molar-refractivity contribution is 0.499. The third kappa shape index (κ3) is 6.02. The summed E-state index contributed by atoms with van der Waals surface area (Å²) in [4.78, 5) is 0. The first kappa shape index (κ1) is 14.4. The lowest BCUT2D eigenvalue weighted by Gasteiger charge is -2.25. The Labute approximate surface area is 109 Å². The second-order valence-corrected chi connectivity index (χ2v) is 5.22. The summed E-state index contributed by atoms with van der Waals surface area (Å²) in [6.45, 7) is 5.78. The maximum atomic E-state index is 3.69. The van der Waals surface area contributed by atoms with E-state index in [1.807, 2.05) is 12.2 Å². The molecule has 0 spiro atoms. The average Bonchev–Trinajstić information content (AvgIpc) is 2.36. The Morgan fingerprint density at radius 3 is 2.65 bits per heavy atom. The maximum absolute atomic E-state index is 3.69. The minimum Gasteiger partial charge on any atom is -0.400 e. The summed E-state index contributed by atoms with van der Waals surface area (Å²) >= 11 is 0. The normalized spacial score (nSPS) is 25.8. The van der Waals surface area contributed by atoms with E-state index in [0.29, 0.717) is 0 Å². The van der Waals surface area contributed by atoms with Gasteiger partial charge in [-0.2, -0.15) is 0 Å². The van der Waals surface area contributed by atoms with Crippen molar-refractivity contribution in [2.45, 2.75) is 44.2 Å². The molecule has 0 radical (unpaired) electrons. The Hall–Kier alpha value is -0.625. The van der Waals surface area contributed by atoms with Gasteiger partial charge in [0.25, 0.3) is 0 Å².